The van der Waals surface area contributed by atoms with Crippen molar-refractivity contribution in [2.24, 2.45) is 0 Å². The molecule has 0 saturated carbocycles. The largest absolute Gasteiger partial charge is 0 e. The van der Waals surface area contributed by atoms with Gasteiger partial charge in [-0.05, 0) is 0 Å². The molecule has 1 nitrogen and oxygen atoms in total. The summed E-state index contributed by atoms with van der Waals surface area (Å²) in [4.78, 5) is 0. The summed E-state index contributed by atoms with van der Waals surface area (Å²) in [5, 5.41) is 0. The zero-order valence-corrected chi connectivity index (χ0v) is 9.86. The predicted molar refractivity (Wildman–Crippen MR) is 0.686 cm³/mol. The Kier molecular flexibility index (Phi) is 65.4. The van der Waals surface area contributed by atoms with Gasteiger partial charge in [-0.2, -0.15) is 0 Å². The standard InChI is InChI=1S/Fe.Nd.O.Pr. The molecular weight excluding hydrogens is 357 g/mol. The predicted octanol–water partition coefficient (Wildman–Crippen LogP) is -0.121. The van der Waals surface area contributed by atoms with Crippen molar-refractivity contribution < 1.29 is 102 Å². The summed E-state index contributed by atoms with van der Waals surface area (Å²) in [6.45, 7) is 0. The Morgan fingerprint density at radius 1 is 1.25 bits per heavy atom. The van der Waals surface area contributed by atoms with Gasteiger partial charge in [0.1, 0.15) is 0 Å². The third-order valence-corrected chi connectivity index (χ3v) is 0. The van der Waals surface area contributed by atoms with E-state index in [-0.39, 0.29) is 82.1 Å². The second-order valence-corrected chi connectivity index (χ2v) is 0. The summed E-state index contributed by atoms with van der Waals surface area (Å²) < 4.78 is 8.00. The molecule has 0 bridgehead atoms. The summed E-state index contributed by atoms with van der Waals surface area (Å²) >= 11 is 2.00. The summed E-state index contributed by atoms with van der Waals surface area (Å²) in [6.07, 6.45) is 0. The molecule has 0 saturated heterocycles. The van der Waals surface area contributed by atoms with Crippen LogP contribution in [0.4, 0.5) is 0 Å². The van der Waals surface area contributed by atoms with Crippen LogP contribution < -0.4 is 0 Å². The average Bonchev–Trinajstić information content (AvgIpc) is 1.00. The molecule has 0 amide bonds. The van der Waals surface area contributed by atoms with E-state index >= 15 is 0 Å². The molecule has 0 aliphatic carbocycles. The van der Waals surface area contributed by atoms with Crippen LogP contribution in [0.25, 0.3) is 0 Å². The quantitative estimate of drug-likeness (QED) is 0.553. The van der Waals surface area contributed by atoms with Crippen LogP contribution in [-0.4, -0.2) is 0 Å². The van der Waals surface area contributed by atoms with Gasteiger partial charge in [-0.15, -0.1) is 0 Å². The molecule has 0 fully saturated rings. The fourth-order valence-corrected chi connectivity index (χ4v) is 0. The molecular formula is FeNdOPr. The van der Waals surface area contributed by atoms with Gasteiger partial charge in [-0.1, -0.05) is 0 Å². The first kappa shape index (κ1) is 15.7. The molecule has 0 N–H and O–H groups in total. The van der Waals surface area contributed by atoms with Crippen LogP contribution in [-0.2, 0) is 19.8 Å². The van der Waals surface area contributed by atoms with E-state index in [1.165, 1.54) is 0 Å². The van der Waals surface area contributed by atoms with E-state index in [1.807, 2.05) is 15.9 Å². The van der Waals surface area contributed by atoms with E-state index in [2.05, 4.69) is 0 Å². The maximum Gasteiger partial charge on any atom is 0 e. The molecule has 0 unspecified atom stereocenters. The SMILES string of the molecule is [Nd].[O]=[Fe].[Pr]. The normalized spacial score (nSPS) is 1.25. The Bertz CT molecular complexity index is 8.00. The van der Waals surface area contributed by atoms with Crippen molar-refractivity contribution in [1.82, 2.24) is 0 Å². The Morgan fingerprint density at radius 3 is 1.25 bits per heavy atom. The molecule has 4 heavy (non-hydrogen) atoms. The van der Waals surface area contributed by atoms with E-state index < -0.39 is 0 Å². The van der Waals surface area contributed by atoms with Crippen LogP contribution in [0.2, 0.25) is 0 Å². The molecule has 0 aliphatic rings. The van der Waals surface area contributed by atoms with Gasteiger partial charge in [-0.3, -0.25) is 0 Å². The van der Waals surface area contributed by atoms with Gasteiger partial charge in [0.15, 0.2) is 0 Å². The molecule has 0 atom stereocenters. The number of hydrogen-bond acceptors (Lipinski definition) is 1. The van der Waals surface area contributed by atoms with Crippen LogP contribution in [0.15, 0.2) is 0 Å². The van der Waals surface area contributed by atoms with Crippen molar-refractivity contribution >= 4 is 0 Å². The van der Waals surface area contributed by atoms with Gasteiger partial charge in [0.2, 0.25) is 0 Å². The topological polar surface area (TPSA) is 17.1 Å². The molecule has 0 rings (SSSR count). The summed E-state index contributed by atoms with van der Waals surface area (Å²) in [5.41, 5.74) is 0. The first-order valence-electron chi connectivity index (χ1n) is 0.144. The molecule has 4 heteroatoms. The summed E-state index contributed by atoms with van der Waals surface area (Å²) in [5.74, 6) is 0. The van der Waals surface area contributed by atoms with Crippen molar-refractivity contribution in [3.05, 3.63) is 0 Å². The fraction of sp³-hybridized carbons (Fsp3) is 0. The zero-order valence-electron chi connectivity index (χ0n) is 1.84. The maximum atomic E-state index is 8.00. The van der Waals surface area contributed by atoms with Crippen LogP contribution in [0.1, 0.15) is 0 Å². The van der Waals surface area contributed by atoms with E-state index in [0.29, 0.717) is 0 Å². The van der Waals surface area contributed by atoms with Crippen molar-refractivity contribution in [2.45, 2.75) is 0 Å². The van der Waals surface area contributed by atoms with Crippen LogP contribution in [0, 0.1) is 82.1 Å². The van der Waals surface area contributed by atoms with E-state index in [4.69, 9.17) is 3.83 Å². The van der Waals surface area contributed by atoms with E-state index in [1.54, 1.807) is 0 Å². The Hall–Kier alpha value is 3.03. The van der Waals surface area contributed by atoms with Crippen LogP contribution >= 0.6 is 0 Å². The zero-order chi connectivity index (χ0) is 2.00. The van der Waals surface area contributed by atoms with E-state index in [9.17, 15) is 0 Å². The van der Waals surface area contributed by atoms with Gasteiger partial charge in [0.25, 0.3) is 0 Å². The van der Waals surface area contributed by atoms with Gasteiger partial charge in [0, 0.05) is 82.1 Å². The summed E-state index contributed by atoms with van der Waals surface area (Å²) in [7, 11) is 0. The molecule has 0 aromatic rings. The van der Waals surface area contributed by atoms with Crippen molar-refractivity contribution in [3.63, 3.8) is 0 Å². The van der Waals surface area contributed by atoms with Crippen molar-refractivity contribution in [1.29, 1.82) is 0 Å². The fourth-order valence-electron chi connectivity index (χ4n) is 0. The second kappa shape index (κ2) is 16.6. The smallest absolute Gasteiger partial charge is 0 e. The molecule has 0 aromatic carbocycles. The third kappa shape index (κ3) is 8.90. The molecule has 0 aliphatic heterocycles. The minimum Gasteiger partial charge on any atom is 0 e. The van der Waals surface area contributed by atoms with E-state index in [0.717, 1.165) is 0 Å². The van der Waals surface area contributed by atoms with Gasteiger partial charge < -0.3 is 0 Å². The minimum absolute atomic E-state index is 0. The molecule has 0 spiro atoms. The van der Waals surface area contributed by atoms with Crippen LogP contribution in [0.3, 0.4) is 0 Å². The average molecular weight is 357 g/mol. The van der Waals surface area contributed by atoms with Crippen molar-refractivity contribution in [3.8, 4) is 0 Å². The van der Waals surface area contributed by atoms with Gasteiger partial charge in [0.05, 0.1) is 0 Å². The minimum atomic E-state index is 0. The second-order valence-electron chi connectivity index (χ2n) is 0. The number of hydrogen-bond donors (Lipinski definition) is 0. The van der Waals surface area contributed by atoms with Gasteiger partial charge in [-0.25, -0.2) is 0 Å². The number of rotatable bonds is 0. The molecule has 1 radical (unpaired) electrons. The Labute approximate surface area is 99.2 Å². The molecule has 0 aromatic heterocycles. The van der Waals surface area contributed by atoms with Gasteiger partial charge >= 0.3 is 19.8 Å². The van der Waals surface area contributed by atoms with Crippen molar-refractivity contribution in [2.75, 3.05) is 0 Å². The molecule has 21 valence electrons. The first-order valence-corrected chi connectivity index (χ1v) is 0.595. The first-order chi connectivity index (χ1) is 1.00. The molecule has 0 heterocycles. The monoisotopic (exact) mass is 355 g/mol. The summed E-state index contributed by atoms with van der Waals surface area (Å²) in [6, 6.07) is 0. The third-order valence-electron chi connectivity index (χ3n) is 0. The van der Waals surface area contributed by atoms with Crippen LogP contribution in [0.5, 0.6) is 0 Å². The maximum absolute atomic E-state index is 8.00. The Balaban J connectivity index is -0.00000000500. The Morgan fingerprint density at radius 2 is 1.25 bits per heavy atom.